The second kappa shape index (κ2) is 6.88. The van der Waals surface area contributed by atoms with Crippen LogP contribution in [0.15, 0.2) is 17.5 Å². The molecule has 1 amide bonds. The summed E-state index contributed by atoms with van der Waals surface area (Å²) >= 11 is 1.31. The fourth-order valence-electron chi connectivity index (χ4n) is 2.50. The highest BCUT2D eigenvalue weighted by atomic mass is 32.1. The third-order valence-corrected chi connectivity index (χ3v) is 4.66. The van der Waals surface area contributed by atoms with Crippen molar-refractivity contribution >= 4 is 23.2 Å². The van der Waals surface area contributed by atoms with Gasteiger partial charge >= 0.3 is 5.97 Å². The molecule has 0 aliphatic heterocycles. The molecule has 110 valence electrons. The summed E-state index contributed by atoms with van der Waals surface area (Å²) in [5.74, 6) is -0.138. The first-order valence-electron chi connectivity index (χ1n) is 7.13. The highest BCUT2D eigenvalue weighted by Crippen LogP contribution is 2.23. The highest BCUT2D eigenvalue weighted by molar-refractivity contribution is 7.11. The zero-order chi connectivity index (χ0) is 14.5. The number of esters is 1. The quantitative estimate of drug-likeness (QED) is 0.869. The number of ether oxygens (including phenoxy) is 1. The van der Waals surface area contributed by atoms with Gasteiger partial charge in [0.05, 0.1) is 0 Å². The van der Waals surface area contributed by atoms with E-state index >= 15 is 0 Å². The number of carbonyl (C=O) groups is 2. The van der Waals surface area contributed by atoms with Crippen molar-refractivity contribution in [3.63, 3.8) is 0 Å². The number of carbonyl (C=O) groups excluding carboxylic acids is 2. The normalized spacial score (nSPS) is 23.9. The maximum Gasteiger partial charge on any atom is 0.349 e. The second-order valence-corrected chi connectivity index (χ2v) is 6.35. The number of nitrogens with one attached hydrogen (secondary N) is 1. The summed E-state index contributed by atoms with van der Waals surface area (Å²) in [6.45, 7) is 3.78. The van der Waals surface area contributed by atoms with Gasteiger partial charge in [0.25, 0.3) is 5.91 Å². The van der Waals surface area contributed by atoms with Crippen molar-refractivity contribution in [2.45, 2.75) is 51.7 Å². The van der Waals surface area contributed by atoms with Gasteiger partial charge in [-0.3, -0.25) is 4.79 Å². The topological polar surface area (TPSA) is 55.4 Å². The Labute approximate surface area is 123 Å². The van der Waals surface area contributed by atoms with E-state index in [2.05, 4.69) is 12.2 Å². The van der Waals surface area contributed by atoms with Crippen LogP contribution in [-0.4, -0.2) is 24.0 Å². The van der Waals surface area contributed by atoms with Crippen LogP contribution in [0.3, 0.4) is 0 Å². The summed E-state index contributed by atoms with van der Waals surface area (Å²) in [4.78, 5) is 24.4. The average Bonchev–Trinajstić information content (AvgIpc) is 2.95. The van der Waals surface area contributed by atoms with Crippen molar-refractivity contribution in [1.82, 2.24) is 5.32 Å². The van der Waals surface area contributed by atoms with Gasteiger partial charge in [0.15, 0.2) is 6.10 Å². The van der Waals surface area contributed by atoms with E-state index in [0.29, 0.717) is 10.8 Å². The lowest BCUT2D eigenvalue weighted by atomic mass is 9.86. The van der Waals surface area contributed by atoms with E-state index in [1.54, 1.807) is 19.1 Å². The van der Waals surface area contributed by atoms with Gasteiger partial charge in [-0.15, -0.1) is 11.3 Å². The minimum atomic E-state index is -0.751. The number of rotatable bonds is 4. The number of amides is 1. The van der Waals surface area contributed by atoms with Crippen molar-refractivity contribution in [2.24, 2.45) is 5.92 Å². The summed E-state index contributed by atoms with van der Waals surface area (Å²) in [5, 5.41) is 4.82. The summed E-state index contributed by atoms with van der Waals surface area (Å²) in [6, 6.07) is 3.69. The third kappa shape index (κ3) is 3.82. The van der Waals surface area contributed by atoms with E-state index in [0.717, 1.165) is 19.3 Å². The summed E-state index contributed by atoms with van der Waals surface area (Å²) < 4.78 is 5.19. The highest BCUT2D eigenvalue weighted by Gasteiger charge is 2.26. The minimum Gasteiger partial charge on any atom is -0.448 e. The van der Waals surface area contributed by atoms with E-state index < -0.39 is 12.1 Å². The molecule has 2 rings (SSSR count). The lowest BCUT2D eigenvalue weighted by molar-refractivity contribution is -0.130. The van der Waals surface area contributed by atoms with Gasteiger partial charge in [-0.25, -0.2) is 4.79 Å². The zero-order valence-corrected chi connectivity index (χ0v) is 12.7. The first-order chi connectivity index (χ1) is 9.58. The van der Waals surface area contributed by atoms with Crippen molar-refractivity contribution in [3.8, 4) is 0 Å². The molecule has 1 fully saturated rings. The Morgan fingerprint density at radius 3 is 2.80 bits per heavy atom. The molecule has 0 radical (unpaired) electrons. The molecule has 1 saturated carbocycles. The molecule has 1 N–H and O–H groups in total. The molecule has 4 nitrogen and oxygen atoms in total. The van der Waals surface area contributed by atoms with Gasteiger partial charge < -0.3 is 10.1 Å². The molecule has 5 heteroatoms. The van der Waals surface area contributed by atoms with E-state index in [-0.39, 0.29) is 11.9 Å². The predicted molar refractivity (Wildman–Crippen MR) is 78.8 cm³/mol. The minimum absolute atomic E-state index is 0.200. The number of hydrogen-bond acceptors (Lipinski definition) is 4. The zero-order valence-electron chi connectivity index (χ0n) is 11.9. The lowest BCUT2D eigenvalue weighted by Crippen LogP contribution is -2.45. The maximum atomic E-state index is 12.1. The molecule has 1 aliphatic rings. The largest absolute Gasteiger partial charge is 0.448 e. The van der Waals surface area contributed by atoms with Gasteiger partial charge in [-0.2, -0.15) is 0 Å². The molecule has 0 bridgehead atoms. The molecule has 0 saturated heterocycles. The van der Waals surface area contributed by atoms with Gasteiger partial charge in [0.2, 0.25) is 0 Å². The van der Waals surface area contributed by atoms with Crippen LogP contribution in [0.2, 0.25) is 0 Å². The molecule has 1 heterocycles. The standard InChI is InChI=1S/C15H21NO3S/c1-10-6-3-4-7-12(10)16-14(17)11(2)19-15(18)13-8-5-9-20-13/h5,8-12H,3-4,6-7H2,1-2H3,(H,16,17)/t10-,11+,12-/m1/s1. The molecule has 0 unspecified atom stereocenters. The summed E-state index contributed by atoms with van der Waals surface area (Å²) in [5.41, 5.74) is 0. The number of hydrogen-bond donors (Lipinski definition) is 1. The van der Waals surface area contributed by atoms with Crippen LogP contribution in [0.5, 0.6) is 0 Å². The Kier molecular flexibility index (Phi) is 5.17. The van der Waals surface area contributed by atoms with E-state index in [1.165, 1.54) is 17.8 Å². The maximum absolute atomic E-state index is 12.1. The Morgan fingerprint density at radius 1 is 1.40 bits per heavy atom. The van der Waals surface area contributed by atoms with Crippen LogP contribution in [0.25, 0.3) is 0 Å². The fourth-order valence-corrected chi connectivity index (χ4v) is 3.10. The SMILES string of the molecule is C[C@H](OC(=O)c1cccs1)C(=O)N[C@@H]1CCCC[C@H]1C. The van der Waals surface area contributed by atoms with Crippen LogP contribution >= 0.6 is 11.3 Å². The molecule has 0 aromatic carbocycles. The third-order valence-electron chi connectivity index (χ3n) is 3.81. The smallest absolute Gasteiger partial charge is 0.349 e. The van der Waals surface area contributed by atoms with Crippen molar-refractivity contribution in [1.29, 1.82) is 0 Å². The second-order valence-electron chi connectivity index (χ2n) is 5.40. The molecule has 0 spiro atoms. The van der Waals surface area contributed by atoms with Crippen molar-refractivity contribution in [3.05, 3.63) is 22.4 Å². The lowest BCUT2D eigenvalue weighted by Gasteiger charge is -2.30. The van der Waals surface area contributed by atoms with Crippen LogP contribution < -0.4 is 5.32 Å². The number of thiophene rings is 1. The Balaban J connectivity index is 1.84. The van der Waals surface area contributed by atoms with Crippen LogP contribution in [0.1, 0.15) is 49.2 Å². The summed E-state index contributed by atoms with van der Waals surface area (Å²) in [6.07, 6.45) is 3.79. The van der Waals surface area contributed by atoms with E-state index in [1.807, 2.05) is 5.38 Å². The first-order valence-corrected chi connectivity index (χ1v) is 8.00. The van der Waals surface area contributed by atoms with Crippen LogP contribution in [-0.2, 0) is 9.53 Å². The Bertz CT molecular complexity index is 458. The Morgan fingerprint density at radius 2 is 2.15 bits per heavy atom. The van der Waals surface area contributed by atoms with E-state index in [4.69, 9.17) is 4.74 Å². The Hall–Kier alpha value is -1.36. The summed E-state index contributed by atoms with van der Waals surface area (Å²) in [7, 11) is 0. The predicted octanol–water partition coefficient (Wildman–Crippen LogP) is 2.99. The first kappa shape index (κ1) is 15.0. The monoisotopic (exact) mass is 295 g/mol. The van der Waals surface area contributed by atoms with Gasteiger partial charge in [0, 0.05) is 6.04 Å². The molecule has 1 aliphatic carbocycles. The van der Waals surface area contributed by atoms with Gasteiger partial charge in [0.1, 0.15) is 4.88 Å². The van der Waals surface area contributed by atoms with Crippen molar-refractivity contribution in [2.75, 3.05) is 0 Å². The molecule has 20 heavy (non-hydrogen) atoms. The van der Waals surface area contributed by atoms with E-state index in [9.17, 15) is 9.59 Å². The molecular weight excluding hydrogens is 274 g/mol. The van der Waals surface area contributed by atoms with Gasteiger partial charge in [-0.05, 0) is 37.1 Å². The van der Waals surface area contributed by atoms with Gasteiger partial charge in [-0.1, -0.05) is 25.8 Å². The van der Waals surface area contributed by atoms with Crippen molar-refractivity contribution < 1.29 is 14.3 Å². The average molecular weight is 295 g/mol. The van der Waals surface area contributed by atoms with Crippen LogP contribution in [0.4, 0.5) is 0 Å². The molecular formula is C15H21NO3S. The molecule has 3 atom stereocenters. The molecule has 1 aromatic rings. The molecule has 1 aromatic heterocycles. The van der Waals surface area contributed by atoms with Crippen LogP contribution in [0, 0.1) is 5.92 Å². The fraction of sp³-hybridized carbons (Fsp3) is 0.600.